The monoisotopic (exact) mass is 254 g/mol. The average Bonchev–Trinajstić information content (AvgIpc) is 2.77. The fourth-order valence-electron chi connectivity index (χ4n) is 3.13. The highest BCUT2D eigenvalue weighted by atomic mass is 16.4. The second kappa shape index (κ2) is 5.69. The van der Waals surface area contributed by atoms with Gasteiger partial charge in [-0.2, -0.15) is 0 Å². The van der Waals surface area contributed by atoms with Crippen LogP contribution in [0.5, 0.6) is 0 Å². The van der Waals surface area contributed by atoms with Crippen LogP contribution < -0.4 is 0 Å². The van der Waals surface area contributed by atoms with Crippen LogP contribution >= 0.6 is 0 Å². The third-order valence-electron chi connectivity index (χ3n) is 4.04. The van der Waals surface area contributed by atoms with Crippen molar-refractivity contribution in [3.63, 3.8) is 0 Å². The lowest BCUT2D eigenvalue weighted by Gasteiger charge is -2.31. The Hall–Kier alpha value is -1.10. The smallest absolute Gasteiger partial charge is 0.326 e. The van der Waals surface area contributed by atoms with Gasteiger partial charge in [0.1, 0.15) is 6.04 Å². The normalized spacial score (nSPS) is 29.5. The molecule has 2 aliphatic rings. The number of rotatable bonds is 3. The predicted molar refractivity (Wildman–Crippen MR) is 67.2 cm³/mol. The first-order valence-electron chi connectivity index (χ1n) is 6.78. The number of hydrogen-bond acceptors (Lipinski definition) is 3. The molecule has 2 rings (SSSR count). The Kier molecular flexibility index (Phi) is 4.22. The molecular formula is C13H22N2O3. The van der Waals surface area contributed by atoms with Gasteiger partial charge in [-0.05, 0) is 45.2 Å². The van der Waals surface area contributed by atoms with Gasteiger partial charge in [-0.3, -0.25) is 4.79 Å². The standard InChI is InChI=1S/C13H22N2O3/c1-14-6-2-4-10(9-14)8-12(16)15-7-3-5-11(15)13(17)18/h10-11H,2-9H2,1H3,(H,17,18)/t10?,11-/m0/s1. The Morgan fingerprint density at radius 1 is 1.22 bits per heavy atom. The van der Waals surface area contributed by atoms with Gasteiger partial charge in [0.2, 0.25) is 5.91 Å². The van der Waals surface area contributed by atoms with Crippen molar-refractivity contribution < 1.29 is 14.7 Å². The molecule has 2 heterocycles. The molecule has 5 nitrogen and oxygen atoms in total. The number of likely N-dealkylation sites (tertiary alicyclic amines) is 2. The van der Waals surface area contributed by atoms with E-state index in [1.807, 2.05) is 0 Å². The Morgan fingerprint density at radius 2 is 1.94 bits per heavy atom. The topological polar surface area (TPSA) is 60.9 Å². The third kappa shape index (κ3) is 3.02. The van der Waals surface area contributed by atoms with Crippen LogP contribution in [-0.4, -0.2) is 59.5 Å². The quantitative estimate of drug-likeness (QED) is 0.809. The Bertz CT molecular complexity index is 332. The summed E-state index contributed by atoms with van der Waals surface area (Å²) in [4.78, 5) is 27.1. The number of piperidine rings is 1. The second-order valence-electron chi connectivity index (χ2n) is 5.56. The largest absolute Gasteiger partial charge is 0.480 e. The lowest BCUT2D eigenvalue weighted by Crippen LogP contribution is -2.42. The molecule has 18 heavy (non-hydrogen) atoms. The molecule has 2 saturated heterocycles. The van der Waals surface area contributed by atoms with E-state index in [9.17, 15) is 9.59 Å². The minimum atomic E-state index is -0.860. The van der Waals surface area contributed by atoms with E-state index in [4.69, 9.17) is 5.11 Å². The van der Waals surface area contributed by atoms with E-state index < -0.39 is 12.0 Å². The minimum Gasteiger partial charge on any atom is -0.480 e. The van der Waals surface area contributed by atoms with E-state index in [0.29, 0.717) is 25.3 Å². The number of carboxylic acids is 1. The molecule has 5 heteroatoms. The first-order chi connectivity index (χ1) is 8.58. The summed E-state index contributed by atoms with van der Waals surface area (Å²) in [5.74, 6) is -0.437. The summed E-state index contributed by atoms with van der Waals surface area (Å²) in [5.41, 5.74) is 0. The van der Waals surface area contributed by atoms with Gasteiger partial charge in [0.25, 0.3) is 0 Å². The van der Waals surface area contributed by atoms with E-state index in [1.165, 1.54) is 0 Å². The number of amides is 1. The summed E-state index contributed by atoms with van der Waals surface area (Å²) >= 11 is 0. The summed E-state index contributed by atoms with van der Waals surface area (Å²) in [7, 11) is 2.08. The number of carboxylic acid groups (broad SMARTS) is 1. The number of carbonyl (C=O) groups is 2. The average molecular weight is 254 g/mol. The molecule has 0 spiro atoms. The van der Waals surface area contributed by atoms with E-state index >= 15 is 0 Å². The zero-order valence-electron chi connectivity index (χ0n) is 11.0. The number of nitrogens with zero attached hydrogens (tertiary/aromatic N) is 2. The summed E-state index contributed by atoms with van der Waals surface area (Å²) in [6, 6.07) is -0.584. The zero-order chi connectivity index (χ0) is 13.1. The van der Waals surface area contributed by atoms with Crippen LogP contribution in [0.1, 0.15) is 32.1 Å². The van der Waals surface area contributed by atoms with Crippen LogP contribution in [0.15, 0.2) is 0 Å². The lowest BCUT2D eigenvalue weighted by atomic mass is 9.94. The maximum absolute atomic E-state index is 12.2. The first-order valence-corrected chi connectivity index (χ1v) is 6.78. The molecule has 0 aromatic rings. The van der Waals surface area contributed by atoms with Gasteiger partial charge < -0.3 is 14.9 Å². The van der Waals surface area contributed by atoms with Crippen molar-refractivity contribution in [3.05, 3.63) is 0 Å². The zero-order valence-corrected chi connectivity index (χ0v) is 11.0. The van der Waals surface area contributed by atoms with Gasteiger partial charge >= 0.3 is 5.97 Å². The van der Waals surface area contributed by atoms with Gasteiger partial charge in [0, 0.05) is 19.5 Å². The molecular weight excluding hydrogens is 232 g/mol. The molecule has 1 unspecified atom stereocenters. The molecule has 0 aromatic heterocycles. The Morgan fingerprint density at radius 3 is 2.61 bits per heavy atom. The van der Waals surface area contributed by atoms with E-state index in [-0.39, 0.29) is 5.91 Å². The third-order valence-corrected chi connectivity index (χ3v) is 4.04. The van der Waals surface area contributed by atoms with Crippen LogP contribution in [-0.2, 0) is 9.59 Å². The molecule has 1 N–H and O–H groups in total. The molecule has 2 aliphatic heterocycles. The van der Waals surface area contributed by atoms with Crippen LogP contribution in [0, 0.1) is 5.92 Å². The molecule has 0 aromatic carbocycles. The highest BCUT2D eigenvalue weighted by Gasteiger charge is 2.34. The van der Waals surface area contributed by atoms with Crippen molar-refractivity contribution in [2.75, 3.05) is 26.7 Å². The molecule has 102 valence electrons. The highest BCUT2D eigenvalue weighted by molar-refractivity contribution is 5.84. The van der Waals surface area contributed by atoms with Crippen molar-refractivity contribution >= 4 is 11.9 Å². The van der Waals surface area contributed by atoms with Gasteiger partial charge in [0.15, 0.2) is 0 Å². The second-order valence-corrected chi connectivity index (χ2v) is 5.56. The predicted octanol–water partition coefficient (Wildman–Crippen LogP) is 0.794. The van der Waals surface area contributed by atoms with Crippen molar-refractivity contribution in [2.24, 2.45) is 5.92 Å². The van der Waals surface area contributed by atoms with Gasteiger partial charge in [-0.25, -0.2) is 4.79 Å². The summed E-state index contributed by atoms with van der Waals surface area (Å²) < 4.78 is 0. The van der Waals surface area contributed by atoms with Crippen molar-refractivity contribution in [2.45, 2.75) is 38.1 Å². The van der Waals surface area contributed by atoms with Gasteiger partial charge in [-0.15, -0.1) is 0 Å². The summed E-state index contributed by atoms with van der Waals surface area (Å²) in [6.45, 7) is 2.67. The number of hydrogen-bond donors (Lipinski definition) is 1. The van der Waals surface area contributed by atoms with Crippen LogP contribution in [0.4, 0.5) is 0 Å². The van der Waals surface area contributed by atoms with Crippen molar-refractivity contribution in [1.29, 1.82) is 0 Å². The van der Waals surface area contributed by atoms with E-state index in [2.05, 4.69) is 11.9 Å². The van der Waals surface area contributed by atoms with Crippen LogP contribution in [0.2, 0.25) is 0 Å². The summed E-state index contributed by atoms with van der Waals surface area (Å²) in [5, 5.41) is 9.08. The van der Waals surface area contributed by atoms with E-state index in [1.54, 1.807) is 4.90 Å². The Labute approximate surface area is 108 Å². The molecule has 2 atom stereocenters. The van der Waals surface area contributed by atoms with Crippen LogP contribution in [0.3, 0.4) is 0 Å². The van der Waals surface area contributed by atoms with Crippen molar-refractivity contribution in [3.8, 4) is 0 Å². The Balaban J connectivity index is 1.89. The van der Waals surface area contributed by atoms with Crippen molar-refractivity contribution in [1.82, 2.24) is 9.80 Å². The van der Waals surface area contributed by atoms with Gasteiger partial charge in [0.05, 0.1) is 0 Å². The van der Waals surface area contributed by atoms with Crippen LogP contribution in [0.25, 0.3) is 0 Å². The SMILES string of the molecule is CN1CCCC(CC(=O)N2CCC[C@H]2C(=O)O)C1. The van der Waals surface area contributed by atoms with E-state index in [0.717, 1.165) is 32.4 Å². The molecule has 0 bridgehead atoms. The summed E-state index contributed by atoms with van der Waals surface area (Å²) in [6.07, 6.45) is 4.14. The number of carbonyl (C=O) groups excluding carboxylic acids is 1. The molecule has 0 aliphatic carbocycles. The molecule has 2 fully saturated rings. The molecule has 0 radical (unpaired) electrons. The maximum atomic E-state index is 12.2. The maximum Gasteiger partial charge on any atom is 0.326 e. The number of aliphatic carboxylic acids is 1. The fraction of sp³-hybridized carbons (Fsp3) is 0.846. The highest BCUT2D eigenvalue weighted by Crippen LogP contribution is 2.23. The molecule has 1 amide bonds. The molecule has 0 saturated carbocycles. The minimum absolute atomic E-state index is 0.0280. The van der Waals surface area contributed by atoms with Gasteiger partial charge in [-0.1, -0.05) is 0 Å². The lowest BCUT2D eigenvalue weighted by molar-refractivity contribution is -0.148. The fourth-order valence-corrected chi connectivity index (χ4v) is 3.13. The first kappa shape index (κ1) is 13.3.